The lowest BCUT2D eigenvalue weighted by atomic mass is 10.0. The van der Waals surface area contributed by atoms with Crippen LogP contribution in [0.4, 0.5) is 0 Å². The number of nitrogens with zero attached hydrogens (tertiary/aromatic N) is 2. The summed E-state index contributed by atoms with van der Waals surface area (Å²) in [5.74, 6) is 0. The van der Waals surface area contributed by atoms with E-state index in [0.29, 0.717) is 4.99 Å². The molecule has 2 N–H and O–H groups in total. The smallest absolute Gasteiger partial charge is 0.255 e. The Morgan fingerprint density at radius 1 is 1.12 bits per heavy atom. The molecule has 0 bridgehead atoms. The number of para-hydroxylation sites is 1. The van der Waals surface area contributed by atoms with Crippen molar-refractivity contribution in [3.05, 3.63) is 64.5 Å². The van der Waals surface area contributed by atoms with Crippen molar-refractivity contribution in [3.8, 4) is 0 Å². The molecule has 1 aromatic carbocycles. The number of benzene rings is 1. The summed E-state index contributed by atoms with van der Waals surface area (Å²) in [6.07, 6.45) is 5.41. The molecule has 0 saturated carbocycles. The highest BCUT2D eigenvalue weighted by atomic mass is 32.1. The number of nitrogens with two attached hydrogens (primary N) is 1. The van der Waals surface area contributed by atoms with Crippen LogP contribution in [-0.2, 0) is 6.54 Å². The van der Waals surface area contributed by atoms with Gasteiger partial charge in [-0.15, -0.1) is 0 Å². The summed E-state index contributed by atoms with van der Waals surface area (Å²) >= 11 is 5.06. The van der Waals surface area contributed by atoms with E-state index in [4.69, 9.17) is 18.0 Å². The molecule has 1 aliphatic carbocycles. The third-order valence-electron chi connectivity index (χ3n) is 4.86. The molecule has 25 heavy (non-hydrogen) atoms. The van der Waals surface area contributed by atoms with E-state index in [-0.39, 0.29) is 5.56 Å². The van der Waals surface area contributed by atoms with E-state index in [1.165, 1.54) is 0 Å². The Kier molecular flexibility index (Phi) is 3.81. The summed E-state index contributed by atoms with van der Waals surface area (Å²) in [5, 5.41) is 1.10. The van der Waals surface area contributed by atoms with Crippen LogP contribution in [0.3, 0.4) is 0 Å². The Hall–Kier alpha value is -2.66. The zero-order chi connectivity index (χ0) is 17.6. The molecule has 4 rings (SSSR count). The largest absolute Gasteiger partial charge is 0.390 e. The van der Waals surface area contributed by atoms with Crippen LogP contribution < -0.4 is 11.3 Å². The Morgan fingerprint density at radius 3 is 2.60 bits per heavy atom. The lowest BCUT2D eigenvalue weighted by Crippen LogP contribution is -2.21. The first-order chi connectivity index (χ1) is 12.1. The van der Waals surface area contributed by atoms with Crippen LogP contribution in [-0.4, -0.2) is 14.1 Å². The average Bonchev–Trinajstić information content (AvgIpc) is 2.95. The van der Waals surface area contributed by atoms with Gasteiger partial charge < -0.3 is 10.3 Å². The maximum atomic E-state index is 12.7. The molecule has 0 radical (unpaired) electrons. The van der Waals surface area contributed by atoms with Crippen molar-refractivity contribution in [2.24, 2.45) is 5.73 Å². The molecule has 1 aliphatic rings. The van der Waals surface area contributed by atoms with E-state index < -0.39 is 0 Å². The quantitative estimate of drug-likeness (QED) is 0.731. The van der Waals surface area contributed by atoms with Gasteiger partial charge in [-0.3, -0.25) is 9.36 Å². The molecular weight excluding hydrogens is 330 g/mol. The fourth-order valence-electron chi connectivity index (χ4n) is 3.69. The van der Waals surface area contributed by atoms with Crippen LogP contribution in [0.25, 0.3) is 27.6 Å². The van der Waals surface area contributed by atoms with Gasteiger partial charge >= 0.3 is 0 Å². The highest BCUT2D eigenvalue weighted by molar-refractivity contribution is 7.80. The van der Waals surface area contributed by atoms with E-state index in [1.54, 1.807) is 6.07 Å². The normalized spacial score (nSPS) is 14.6. The van der Waals surface area contributed by atoms with Crippen molar-refractivity contribution < 1.29 is 0 Å². The van der Waals surface area contributed by atoms with E-state index in [0.717, 1.165) is 52.6 Å². The van der Waals surface area contributed by atoms with E-state index in [9.17, 15) is 4.79 Å². The molecule has 0 amide bonds. The van der Waals surface area contributed by atoms with Crippen LogP contribution in [0.15, 0.2) is 58.9 Å². The monoisotopic (exact) mass is 349 g/mol. The summed E-state index contributed by atoms with van der Waals surface area (Å²) in [7, 11) is 0. The zero-order valence-corrected chi connectivity index (χ0v) is 14.8. The van der Waals surface area contributed by atoms with Crippen LogP contribution in [0, 0.1) is 0 Å². The minimum Gasteiger partial charge on any atom is -0.390 e. The SMILES string of the molecule is CCn1c2ccccc2c2c1ccc(=O)n2C1=CC=C(C(N)=S)CC1. The van der Waals surface area contributed by atoms with E-state index in [1.807, 2.05) is 34.9 Å². The second kappa shape index (κ2) is 6.01. The van der Waals surface area contributed by atoms with Gasteiger partial charge in [-0.25, -0.2) is 0 Å². The fourth-order valence-corrected chi connectivity index (χ4v) is 3.86. The summed E-state index contributed by atoms with van der Waals surface area (Å²) in [6.45, 7) is 2.98. The standard InChI is InChI=1S/C20H19N3OS/c1-2-22-16-6-4-3-5-15(16)19-17(22)11-12-18(24)23(19)14-9-7-13(8-10-14)20(21)25/h3-7,9,11-12H,2,8,10H2,1H3,(H2,21,25). The lowest BCUT2D eigenvalue weighted by Gasteiger charge is -2.17. The van der Waals surface area contributed by atoms with E-state index >= 15 is 0 Å². The first-order valence-corrected chi connectivity index (χ1v) is 8.85. The van der Waals surface area contributed by atoms with Crippen molar-refractivity contribution in [2.75, 3.05) is 0 Å². The second-order valence-electron chi connectivity index (χ2n) is 6.22. The number of thiocarbonyl (C=S) groups is 1. The molecule has 2 aromatic heterocycles. The summed E-state index contributed by atoms with van der Waals surface area (Å²) < 4.78 is 4.09. The third-order valence-corrected chi connectivity index (χ3v) is 5.12. The average molecular weight is 349 g/mol. The minimum absolute atomic E-state index is 0.00932. The van der Waals surface area contributed by atoms with Crippen LogP contribution in [0.5, 0.6) is 0 Å². The molecule has 0 unspecified atom stereocenters. The highest BCUT2D eigenvalue weighted by Gasteiger charge is 2.18. The van der Waals surface area contributed by atoms with Crippen molar-refractivity contribution in [1.29, 1.82) is 0 Å². The Balaban J connectivity index is 2.07. The molecule has 4 nitrogen and oxygen atoms in total. The van der Waals surface area contributed by atoms with Gasteiger partial charge in [0.2, 0.25) is 0 Å². The zero-order valence-electron chi connectivity index (χ0n) is 14.0. The van der Waals surface area contributed by atoms with Gasteiger partial charge in [-0.1, -0.05) is 36.5 Å². The number of allylic oxidation sites excluding steroid dienone is 3. The molecule has 2 heterocycles. The van der Waals surface area contributed by atoms with Gasteiger partial charge in [-0.2, -0.15) is 0 Å². The van der Waals surface area contributed by atoms with Gasteiger partial charge in [0.25, 0.3) is 5.56 Å². The van der Waals surface area contributed by atoms with Gasteiger partial charge in [0, 0.05) is 23.7 Å². The molecule has 0 fully saturated rings. The maximum Gasteiger partial charge on any atom is 0.255 e. The number of aryl methyl sites for hydroxylation is 1. The molecule has 5 heteroatoms. The highest BCUT2D eigenvalue weighted by Crippen LogP contribution is 2.31. The number of hydrogen-bond donors (Lipinski definition) is 1. The molecule has 0 aliphatic heterocycles. The summed E-state index contributed by atoms with van der Waals surface area (Å²) in [4.78, 5) is 13.2. The molecule has 0 saturated heterocycles. The molecule has 0 atom stereocenters. The Labute approximate surface area is 150 Å². The number of rotatable bonds is 3. The van der Waals surface area contributed by atoms with Crippen molar-refractivity contribution in [2.45, 2.75) is 26.3 Å². The van der Waals surface area contributed by atoms with Crippen LogP contribution in [0.2, 0.25) is 0 Å². The van der Waals surface area contributed by atoms with Gasteiger partial charge in [0.05, 0.1) is 21.5 Å². The first-order valence-electron chi connectivity index (χ1n) is 8.44. The van der Waals surface area contributed by atoms with Gasteiger partial charge in [-0.05, 0) is 43.5 Å². The van der Waals surface area contributed by atoms with Gasteiger partial charge in [0.15, 0.2) is 0 Å². The summed E-state index contributed by atoms with van der Waals surface area (Å²) in [6, 6.07) is 11.8. The van der Waals surface area contributed by atoms with Crippen LogP contribution >= 0.6 is 12.2 Å². The molecular formula is C20H19N3OS. The number of aromatic nitrogens is 2. The fraction of sp³-hybridized carbons (Fsp3) is 0.200. The number of pyridine rings is 1. The maximum absolute atomic E-state index is 12.7. The van der Waals surface area contributed by atoms with Gasteiger partial charge in [0.1, 0.15) is 0 Å². The molecule has 126 valence electrons. The predicted molar refractivity (Wildman–Crippen MR) is 108 cm³/mol. The summed E-state index contributed by atoms with van der Waals surface area (Å²) in [5.41, 5.74) is 10.9. The molecule has 3 aromatic rings. The Morgan fingerprint density at radius 2 is 1.92 bits per heavy atom. The lowest BCUT2D eigenvalue weighted by molar-refractivity contribution is 0.824. The van der Waals surface area contributed by atoms with Crippen LogP contribution in [0.1, 0.15) is 19.8 Å². The molecule has 0 spiro atoms. The number of hydrogen-bond acceptors (Lipinski definition) is 2. The van der Waals surface area contributed by atoms with Crippen molar-refractivity contribution in [1.82, 2.24) is 9.13 Å². The van der Waals surface area contributed by atoms with E-state index in [2.05, 4.69) is 23.6 Å². The topological polar surface area (TPSA) is 53.0 Å². The second-order valence-corrected chi connectivity index (χ2v) is 6.66. The Bertz CT molecular complexity index is 1130. The van der Waals surface area contributed by atoms with Crippen molar-refractivity contribution >= 4 is 44.8 Å². The first kappa shape index (κ1) is 15.8. The minimum atomic E-state index is -0.00932. The van der Waals surface area contributed by atoms with Crippen molar-refractivity contribution in [3.63, 3.8) is 0 Å². The predicted octanol–water partition coefficient (Wildman–Crippen LogP) is 3.82. The number of fused-ring (bicyclic) bond motifs is 3. The third kappa shape index (κ3) is 2.43.